The third-order valence-electron chi connectivity index (χ3n) is 3.04. The summed E-state index contributed by atoms with van der Waals surface area (Å²) in [5, 5.41) is 0. The number of carbonyl (C=O) groups is 2. The van der Waals surface area contributed by atoms with Gasteiger partial charge in [0.25, 0.3) is 0 Å². The van der Waals surface area contributed by atoms with Crippen LogP contribution in [0.1, 0.15) is 24.2 Å². The minimum Gasteiger partial charge on any atom is -0.459 e. The number of rotatable bonds is 5. The van der Waals surface area contributed by atoms with Crippen LogP contribution in [-0.2, 0) is 9.53 Å². The fourth-order valence-electron chi connectivity index (χ4n) is 1.95. The Morgan fingerprint density at radius 3 is 1.96 bits per heavy atom. The van der Waals surface area contributed by atoms with Crippen LogP contribution in [0.2, 0.25) is 0 Å². The fraction of sp³-hybridized carbons (Fsp3) is 0.158. The van der Waals surface area contributed by atoms with Gasteiger partial charge in [-0.25, -0.2) is 9.59 Å². The number of esters is 2. The Hall–Kier alpha value is -2.88. The average Bonchev–Trinajstić information content (AvgIpc) is 2.55. The molecule has 0 atom stereocenters. The van der Waals surface area contributed by atoms with Crippen molar-refractivity contribution in [3.05, 3.63) is 66.7 Å². The quantitative estimate of drug-likeness (QED) is 0.475. The second-order valence-corrected chi connectivity index (χ2v) is 5.18. The first-order valence-corrected chi connectivity index (χ1v) is 7.25. The van der Waals surface area contributed by atoms with Crippen molar-refractivity contribution in [1.29, 1.82) is 0 Å². The van der Waals surface area contributed by atoms with E-state index in [1.807, 2.05) is 38.1 Å². The van der Waals surface area contributed by atoms with Crippen LogP contribution in [0.15, 0.2) is 61.2 Å². The van der Waals surface area contributed by atoms with Crippen molar-refractivity contribution in [2.45, 2.75) is 20.0 Å². The zero-order chi connectivity index (χ0) is 16.8. The summed E-state index contributed by atoms with van der Waals surface area (Å²) in [6.45, 7) is 6.97. The lowest BCUT2D eigenvalue weighted by atomic mass is 10.0. The van der Waals surface area contributed by atoms with E-state index in [-0.39, 0.29) is 12.1 Å². The van der Waals surface area contributed by atoms with E-state index in [0.717, 1.165) is 17.2 Å². The van der Waals surface area contributed by atoms with Gasteiger partial charge in [0.05, 0.1) is 11.7 Å². The second kappa shape index (κ2) is 7.40. The summed E-state index contributed by atoms with van der Waals surface area (Å²) < 4.78 is 10.2. The van der Waals surface area contributed by atoms with Crippen LogP contribution < -0.4 is 4.74 Å². The van der Waals surface area contributed by atoms with E-state index in [1.165, 1.54) is 0 Å². The molecule has 2 aromatic rings. The Morgan fingerprint density at radius 1 is 0.957 bits per heavy atom. The summed E-state index contributed by atoms with van der Waals surface area (Å²) in [6.07, 6.45) is 0.969. The van der Waals surface area contributed by atoms with Crippen LogP contribution in [0, 0.1) is 0 Å². The highest BCUT2D eigenvalue weighted by Crippen LogP contribution is 2.23. The predicted molar refractivity (Wildman–Crippen MR) is 88.3 cm³/mol. The number of ether oxygens (including phenoxy) is 2. The van der Waals surface area contributed by atoms with Crippen molar-refractivity contribution < 1.29 is 19.1 Å². The van der Waals surface area contributed by atoms with E-state index in [1.54, 1.807) is 24.3 Å². The van der Waals surface area contributed by atoms with Gasteiger partial charge in [-0.05, 0) is 49.2 Å². The third-order valence-corrected chi connectivity index (χ3v) is 3.04. The van der Waals surface area contributed by atoms with Gasteiger partial charge in [0, 0.05) is 6.08 Å². The average molecular weight is 310 g/mol. The standard InChI is InChI=1S/C19H18O4/c1-4-18(20)23-17-11-9-15(10-12-17)14-5-7-16(8-6-14)19(21)22-13(2)3/h4-13H,1H2,2-3H3. The van der Waals surface area contributed by atoms with Gasteiger partial charge in [0.1, 0.15) is 5.75 Å². The largest absolute Gasteiger partial charge is 0.459 e. The van der Waals surface area contributed by atoms with E-state index in [9.17, 15) is 9.59 Å². The van der Waals surface area contributed by atoms with Crippen molar-refractivity contribution in [3.8, 4) is 16.9 Å². The zero-order valence-electron chi connectivity index (χ0n) is 13.1. The molecule has 0 spiro atoms. The van der Waals surface area contributed by atoms with Gasteiger partial charge in [-0.1, -0.05) is 30.8 Å². The molecular formula is C19H18O4. The molecule has 2 aromatic carbocycles. The summed E-state index contributed by atoms with van der Waals surface area (Å²) in [7, 11) is 0. The number of hydrogen-bond donors (Lipinski definition) is 0. The Morgan fingerprint density at radius 2 is 1.48 bits per heavy atom. The van der Waals surface area contributed by atoms with Crippen LogP contribution in [0.25, 0.3) is 11.1 Å². The summed E-state index contributed by atoms with van der Waals surface area (Å²) in [5.41, 5.74) is 2.42. The summed E-state index contributed by atoms with van der Waals surface area (Å²) in [6, 6.07) is 14.2. The first-order chi connectivity index (χ1) is 11.0. The Kier molecular flexibility index (Phi) is 5.31. The van der Waals surface area contributed by atoms with Crippen LogP contribution in [0.5, 0.6) is 5.75 Å². The van der Waals surface area contributed by atoms with Crippen molar-refractivity contribution >= 4 is 11.9 Å². The van der Waals surface area contributed by atoms with E-state index in [2.05, 4.69) is 6.58 Å². The molecule has 0 heterocycles. The Labute approximate surface area is 135 Å². The maximum absolute atomic E-state index is 11.8. The van der Waals surface area contributed by atoms with Gasteiger partial charge in [0.15, 0.2) is 0 Å². The molecule has 0 unspecified atom stereocenters. The Balaban J connectivity index is 2.11. The number of benzene rings is 2. The van der Waals surface area contributed by atoms with E-state index in [0.29, 0.717) is 11.3 Å². The highest BCUT2D eigenvalue weighted by Gasteiger charge is 2.09. The van der Waals surface area contributed by atoms with Gasteiger partial charge >= 0.3 is 11.9 Å². The second-order valence-electron chi connectivity index (χ2n) is 5.18. The van der Waals surface area contributed by atoms with Gasteiger partial charge < -0.3 is 9.47 Å². The number of carbonyl (C=O) groups excluding carboxylic acids is 2. The monoisotopic (exact) mass is 310 g/mol. The van der Waals surface area contributed by atoms with Gasteiger partial charge in [-0.15, -0.1) is 0 Å². The van der Waals surface area contributed by atoms with Crippen LogP contribution >= 0.6 is 0 Å². The molecule has 0 amide bonds. The molecule has 4 heteroatoms. The lowest BCUT2D eigenvalue weighted by molar-refractivity contribution is -0.128. The first-order valence-electron chi connectivity index (χ1n) is 7.25. The zero-order valence-corrected chi connectivity index (χ0v) is 13.1. The molecule has 0 N–H and O–H groups in total. The fourth-order valence-corrected chi connectivity index (χ4v) is 1.95. The summed E-state index contributed by atoms with van der Waals surface area (Å²) >= 11 is 0. The lowest BCUT2D eigenvalue weighted by Gasteiger charge is -2.08. The molecule has 4 nitrogen and oxygen atoms in total. The molecule has 0 radical (unpaired) electrons. The van der Waals surface area contributed by atoms with Gasteiger partial charge in [-0.3, -0.25) is 0 Å². The minimum absolute atomic E-state index is 0.145. The SMILES string of the molecule is C=CC(=O)Oc1ccc(-c2ccc(C(=O)OC(C)C)cc2)cc1. The minimum atomic E-state index is -0.495. The van der Waals surface area contributed by atoms with Crippen molar-refractivity contribution in [2.24, 2.45) is 0 Å². The van der Waals surface area contributed by atoms with E-state index < -0.39 is 5.97 Å². The molecule has 2 rings (SSSR count). The topological polar surface area (TPSA) is 52.6 Å². The Bertz CT molecular complexity index is 697. The molecule has 118 valence electrons. The molecule has 0 bridgehead atoms. The smallest absolute Gasteiger partial charge is 0.338 e. The molecule has 0 fully saturated rings. The van der Waals surface area contributed by atoms with Crippen LogP contribution in [-0.4, -0.2) is 18.0 Å². The maximum atomic E-state index is 11.8. The van der Waals surface area contributed by atoms with Crippen LogP contribution in [0.3, 0.4) is 0 Å². The highest BCUT2D eigenvalue weighted by molar-refractivity contribution is 5.90. The third kappa shape index (κ3) is 4.54. The maximum Gasteiger partial charge on any atom is 0.338 e. The lowest BCUT2D eigenvalue weighted by Crippen LogP contribution is -2.11. The van der Waals surface area contributed by atoms with Crippen molar-refractivity contribution in [3.63, 3.8) is 0 Å². The predicted octanol–water partition coefficient (Wildman–Crippen LogP) is 4.01. The van der Waals surface area contributed by atoms with E-state index >= 15 is 0 Å². The summed E-state index contributed by atoms with van der Waals surface area (Å²) in [5.74, 6) is -0.375. The molecule has 0 aromatic heterocycles. The molecule has 0 saturated heterocycles. The first kappa shape index (κ1) is 16.5. The molecule has 0 aliphatic rings. The molecular weight excluding hydrogens is 292 g/mol. The molecule has 23 heavy (non-hydrogen) atoms. The number of hydrogen-bond acceptors (Lipinski definition) is 4. The molecule has 0 aliphatic heterocycles. The van der Waals surface area contributed by atoms with Crippen LogP contribution in [0.4, 0.5) is 0 Å². The summed E-state index contributed by atoms with van der Waals surface area (Å²) in [4.78, 5) is 22.9. The van der Waals surface area contributed by atoms with Crippen molar-refractivity contribution in [2.75, 3.05) is 0 Å². The normalized spacial score (nSPS) is 10.2. The molecule has 0 saturated carbocycles. The highest BCUT2D eigenvalue weighted by atomic mass is 16.5. The van der Waals surface area contributed by atoms with Gasteiger partial charge in [0.2, 0.25) is 0 Å². The van der Waals surface area contributed by atoms with E-state index in [4.69, 9.17) is 9.47 Å². The van der Waals surface area contributed by atoms with Crippen molar-refractivity contribution in [1.82, 2.24) is 0 Å². The van der Waals surface area contributed by atoms with Gasteiger partial charge in [-0.2, -0.15) is 0 Å². The molecule has 0 aliphatic carbocycles.